The van der Waals surface area contributed by atoms with Crippen molar-refractivity contribution in [3.05, 3.63) is 29.6 Å². The Labute approximate surface area is 120 Å². The SMILES string of the molecule is COc1c(F)cccc1[C@H](CC1CC1)N1CCNCC1. The van der Waals surface area contributed by atoms with Gasteiger partial charge in [-0.3, -0.25) is 4.90 Å². The number of piperazine rings is 1. The minimum atomic E-state index is -0.249. The summed E-state index contributed by atoms with van der Waals surface area (Å²) in [5.41, 5.74) is 1.02. The summed E-state index contributed by atoms with van der Waals surface area (Å²) < 4.78 is 19.3. The molecule has 1 aromatic carbocycles. The van der Waals surface area contributed by atoms with E-state index in [9.17, 15) is 4.39 Å². The second-order valence-electron chi connectivity index (χ2n) is 5.84. The van der Waals surface area contributed by atoms with Gasteiger partial charge in [-0.15, -0.1) is 0 Å². The summed E-state index contributed by atoms with van der Waals surface area (Å²) in [7, 11) is 1.56. The van der Waals surface area contributed by atoms with Gasteiger partial charge in [0.25, 0.3) is 0 Å². The highest BCUT2D eigenvalue weighted by atomic mass is 19.1. The summed E-state index contributed by atoms with van der Waals surface area (Å²) in [6.07, 6.45) is 3.76. The summed E-state index contributed by atoms with van der Waals surface area (Å²) >= 11 is 0. The van der Waals surface area contributed by atoms with Crippen molar-refractivity contribution in [3.8, 4) is 5.75 Å². The van der Waals surface area contributed by atoms with Gasteiger partial charge in [-0.05, 0) is 18.4 Å². The number of hydrogen-bond acceptors (Lipinski definition) is 3. The number of ether oxygens (including phenoxy) is 1. The van der Waals surface area contributed by atoms with Crippen LogP contribution in [-0.4, -0.2) is 38.2 Å². The Morgan fingerprint density at radius 3 is 2.75 bits per heavy atom. The summed E-state index contributed by atoms with van der Waals surface area (Å²) in [6.45, 7) is 4.08. The molecule has 0 unspecified atom stereocenters. The number of rotatable bonds is 5. The molecule has 2 fully saturated rings. The third kappa shape index (κ3) is 2.96. The third-order valence-electron chi connectivity index (χ3n) is 4.41. The molecular formula is C16H23FN2O. The normalized spacial score (nSPS) is 21.7. The Morgan fingerprint density at radius 2 is 2.10 bits per heavy atom. The van der Waals surface area contributed by atoms with E-state index in [0.717, 1.165) is 44.1 Å². The quantitative estimate of drug-likeness (QED) is 0.896. The van der Waals surface area contributed by atoms with Crippen molar-refractivity contribution in [2.75, 3.05) is 33.3 Å². The lowest BCUT2D eigenvalue weighted by molar-refractivity contribution is 0.157. The van der Waals surface area contributed by atoms with Gasteiger partial charge < -0.3 is 10.1 Å². The fourth-order valence-electron chi connectivity index (χ4n) is 3.14. The lowest BCUT2D eigenvalue weighted by Crippen LogP contribution is -2.45. The first-order valence-electron chi connectivity index (χ1n) is 7.56. The molecule has 3 nitrogen and oxygen atoms in total. The molecule has 1 N–H and O–H groups in total. The van der Waals surface area contributed by atoms with Gasteiger partial charge >= 0.3 is 0 Å². The summed E-state index contributed by atoms with van der Waals surface area (Å²) in [6, 6.07) is 5.59. The van der Waals surface area contributed by atoms with Crippen LogP contribution in [0.1, 0.15) is 30.9 Å². The predicted octanol–water partition coefficient (Wildman–Crippen LogP) is 2.58. The van der Waals surface area contributed by atoms with E-state index >= 15 is 0 Å². The second-order valence-corrected chi connectivity index (χ2v) is 5.84. The maximum absolute atomic E-state index is 14.0. The molecule has 1 heterocycles. The highest BCUT2D eigenvalue weighted by Crippen LogP contribution is 2.42. The lowest BCUT2D eigenvalue weighted by Gasteiger charge is -2.36. The smallest absolute Gasteiger partial charge is 0.165 e. The number of hydrogen-bond donors (Lipinski definition) is 1. The monoisotopic (exact) mass is 278 g/mol. The molecule has 110 valence electrons. The van der Waals surface area contributed by atoms with Crippen molar-refractivity contribution in [1.29, 1.82) is 0 Å². The topological polar surface area (TPSA) is 24.5 Å². The average Bonchev–Trinajstić information content (AvgIpc) is 3.29. The fourth-order valence-corrected chi connectivity index (χ4v) is 3.14. The van der Waals surface area contributed by atoms with Crippen molar-refractivity contribution in [2.24, 2.45) is 5.92 Å². The molecule has 3 rings (SSSR count). The molecule has 1 saturated carbocycles. The molecule has 4 heteroatoms. The van der Waals surface area contributed by atoms with Gasteiger partial charge in [0, 0.05) is 37.8 Å². The minimum Gasteiger partial charge on any atom is -0.493 e. The van der Waals surface area contributed by atoms with Gasteiger partial charge in [0.05, 0.1) is 7.11 Å². The average molecular weight is 278 g/mol. The Hall–Kier alpha value is -1.13. The van der Waals surface area contributed by atoms with Crippen LogP contribution in [0.15, 0.2) is 18.2 Å². The van der Waals surface area contributed by atoms with Gasteiger partial charge in [-0.2, -0.15) is 0 Å². The zero-order chi connectivity index (χ0) is 13.9. The van der Waals surface area contributed by atoms with E-state index < -0.39 is 0 Å². The van der Waals surface area contributed by atoms with Gasteiger partial charge in [0.1, 0.15) is 0 Å². The molecule has 1 atom stereocenters. The highest BCUT2D eigenvalue weighted by molar-refractivity contribution is 5.37. The largest absolute Gasteiger partial charge is 0.493 e. The van der Waals surface area contributed by atoms with Crippen molar-refractivity contribution >= 4 is 0 Å². The standard InChI is InChI=1S/C16H23FN2O/c1-20-16-13(3-2-4-14(16)17)15(11-12-5-6-12)19-9-7-18-8-10-19/h2-4,12,15,18H,5-11H2,1H3/t15-/m0/s1. The van der Waals surface area contributed by atoms with Gasteiger partial charge in [-0.25, -0.2) is 4.39 Å². The number of benzene rings is 1. The van der Waals surface area contributed by atoms with Crippen LogP contribution in [0, 0.1) is 11.7 Å². The first-order chi connectivity index (χ1) is 9.79. The second kappa shape index (κ2) is 6.10. The van der Waals surface area contributed by atoms with Gasteiger partial charge in [0.15, 0.2) is 11.6 Å². The lowest BCUT2D eigenvalue weighted by atomic mass is 9.97. The van der Waals surface area contributed by atoms with Crippen molar-refractivity contribution in [2.45, 2.75) is 25.3 Å². The molecule has 0 amide bonds. The van der Waals surface area contributed by atoms with Crippen LogP contribution >= 0.6 is 0 Å². The molecule has 0 aromatic heterocycles. The van der Waals surface area contributed by atoms with Crippen LogP contribution in [0.4, 0.5) is 4.39 Å². The Balaban J connectivity index is 1.89. The minimum absolute atomic E-state index is 0.249. The zero-order valence-electron chi connectivity index (χ0n) is 12.1. The van der Waals surface area contributed by atoms with E-state index in [0.29, 0.717) is 5.75 Å². The van der Waals surface area contributed by atoms with E-state index in [4.69, 9.17) is 4.74 Å². The third-order valence-corrected chi connectivity index (χ3v) is 4.41. The van der Waals surface area contributed by atoms with Crippen LogP contribution < -0.4 is 10.1 Å². The molecule has 0 spiro atoms. The zero-order valence-corrected chi connectivity index (χ0v) is 12.1. The van der Waals surface area contributed by atoms with Crippen LogP contribution in [0.2, 0.25) is 0 Å². The summed E-state index contributed by atoms with van der Waals surface area (Å²) in [4.78, 5) is 2.48. The van der Waals surface area contributed by atoms with E-state index in [2.05, 4.69) is 10.2 Å². The summed E-state index contributed by atoms with van der Waals surface area (Å²) in [5.74, 6) is 0.987. The van der Waals surface area contributed by atoms with Crippen LogP contribution in [0.25, 0.3) is 0 Å². The van der Waals surface area contributed by atoms with E-state index in [1.54, 1.807) is 13.2 Å². The molecule has 20 heavy (non-hydrogen) atoms. The van der Waals surface area contributed by atoms with E-state index in [-0.39, 0.29) is 11.9 Å². The van der Waals surface area contributed by atoms with E-state index in [1.807, 2.05) is 6.07 Å². The molecular weight excluding hydrogens is 255 g/mol. The number of nitrogens with zero attached hydrogens (tertiary/aromatic N) is 1. The molecule has 1 aliphatic heterocycles. The first kappa shape index (κ1) is 13.8. The van der Waals surface area contributed by atoms with Crippen LogP contribution in [0.3, 0.4) is 0 Å². The number of halogens is 1. The van der Waals surface area contributed by atoms with Crippen molar-refractivity contribution in [3.63, 3.8) is 0 Å². The van der Waals surface area contributed by atoms with Gasteiger partial charge in [0.2, 0.25) is 0 Å². The molecule has 2 aliphatic rings. The predicted molar refractivity (Wildman–Crippen MR) is 77.5 cm³/mol. The highest BCUT2D eigenvalue weighted by Gasteiger charge is 2.32. The first-order valence-corrected chi connectivity index (χ1v) is 7.56. The maximum Gasteiger partial charge on any atom is 0.165 e. The van der Waals surface area contributed by atoms with E-state index in [1.165, 1.54) is 18.9 Å². The molecule has 1 saturated heterocycles. The molecule has 1 aliphatic carbocycles. The summed E-state index contributed by atoms with van der Waals surface area (Å²) in [5, 5.41) is 3.38. The fraction of sp³-hybridized carbons (Fsp3) is 0.625. The number of nitrogens with one attached hydrogen (secondary N) is 1. The Bertz CT molecular complexity index is 456. The Kier molecular flexibility index (Phi) is 4.22. The van der Waals surface area contributed by atoms with Crippen LogP contribution in [-0.2, 0) is 0 Å². The van der Waals surface area contributed by atoms with Crippen molar-refractivity contribution in [1.82, 2.24) is 10.2 Å². The molecule has 0 bridgehead atoms. The maximum atomic E-state index is 14.0. The Morgan fingerprint density at radius 1 is 1.35 bits per heavy atom. The number of methoxy groups -OCH3 is 1. The number of para-hydroxylation sites is 1. The van der Waals surface area contributed by atoms with Crippen molar-refractivity contribution < 1.29 is 9.13 Å². The van der Waals surface area contributed by atoms with Gasteiger partial charge in [-0.1, -0.05) is 25.0 Å². The molecule has 0 radical (unpaired) electrons. The molecule has 1 aromatic rings. The van der Waals surface area contributed by atoms with Crippen LogP contribution in [0.5, 0.6) is 5.75 Å².